The number of aliphatic hydroxyl groups is 1. The maximum absolute atomic E-state index is 9.16. The molecule has 2 nitrogen and oxygen atoms in total. The van der Waals surface area contributed by atoms with Gasteiger partial charge in [-0.25, -0.2) is 0 Å². The molecule has 0 amide bonds. The van der Waals surface area contributed by atoms with Crippen molar-refractivity contribution in [3.8, 4) is 0 Å². The zero-order chi connectivity index (χ0) is 8.85. The van der Waals surface area contributed by atoms with Crippen LogP contribution < -0.4 is 0 Å². The molecular formula is C9H21NO. The fraction of sp³-hybridized carbons (Fsp3) is 1.00. The highest BCUT2D eigenvalue weighted by Gasteiger charge is 2.11. The van der Waals surface area contributed by atoms with Gasteiger partial charge in [-0.1, -0.05) is 13.8 Å². The summed E-state index contributed by atoms with van der Waals surface area (Å²) in [5.41, 5.74) is 0. The minimum atomic E-state index is -0.205. The van der Waals surface area contributed by atoms with Crippen molar-refractivity contribution in [2.45, 2.75) is 46.3 Å². The summed E-state index contributed by atoms with van der Waals surface area (Å²) in [5.74, 6) is 0. The van der Waals surface area contributed by atoms with Crippen LogP contribution in [-0.4, -0.2) is 35.2 Å². The number of rotatable bonds is 5. The lowest BCUT2D eigenvalue weighted by Gasteiger charge is -2.27. The topological polar surface area (TPSA) is 23.5 Å². The van der Waals surface area contributed by atoms with Crippen LogP contribution in [-0.2, 0) is 0 Å². The Balaban J connectivity index is 3.74. The van der Waals surface area contributed by atoms with E-state index in [9.17, 15) is 0 Å². The molecule has 0 aliphatic carbocycles. The zero-order valence-corrected chi connectivity index (χ0v) is 8.17. The molecule has 0 saturated carbocycles. The van der Waals surface area contributed by atoms with E-state index in [1.165, 1.54) is 0 Å². The highest BCUT2D eigenvalue weighted by atomic mass is 16.3. The number of hydrogen-bond donors (Lipinski definition) is 1. The number of nitrogens with zero attached hydrogens (tertiary/aromatic N) is 1. The first-order chi connectivity index (χ1) is 5.11. The van der Waals surface area contributed by atoms with Crippen molar-refractivity contribution in [1.82, 2.24) is 4.90 Å². The average Bonchev–Trinajstić information content (AvgIpc) is 1.98. The summed E-state index contributed by atoms with van der Waals surface area (Å²) >= 11 is 0. The Hall–Kier alpha value is -0.0800. The van der Waals surface area contributed by atoms with Gasteiger partial charge in [0, 0.05) is 12.6 Å². The van der Waals surface area contributed by atoms with Crippen molar-refractivity contribution < 1.29 is 5.11 Å². The maximum atomic E-state index is 9.16. The summed E-state index contributed by atoms with van der Waals surface area (Å²) < 4.78 is 0. The first-order valence-electron chi connectivity index (χ1n) is 4.53. The smallest absolute Gasteiger partial charge is 0.0639 e. The Morgan fingerprint density at radius 2 is 1.82 bits per heavy atom. The SMILES string of the molecule is CCC(C)N(CC)C[C@@H](C)O. The lowest BCUT2D eigenvalue weighted by molar-refractivity contribution is 0.105. The molecule has 0 fully saturated rings. The van der Waals surface area contributed by atoms with E-state index in [1.807, 2.05) is 6.92 Å². The van der Waals surface area contributed by atoms with Crippen LogP contribution in [0.25, 0.3) is 0 Å². The third-order valence-electron chi connectivity index (χ3n) is 2.12. The summed E-state index contributed by atoms with van der Waals surface area (Å²) in [5, 5.41) is 9.16. The van der Waals surface area contributed by atoms with Gasteiger partial charge in [0.05, 0.1) is 6.10 Å². The van der Waals surface area contributed by atoms with E-state index in [0.717, 1.165) is 19.5 Å². The van der Waals surface area contributed by atoms with Gasteiger partial charge in [-0.3, -0.25) is 4.90 Å². The molecule has 2 atom stereocenters. The second kappa shape index (κ2) is 5.56. The highest BCUT2D eigenvalue weighted by Crippen LogP contribution is 2.03. The van der Waals surface area contributed by atoms with Gasteiger partial charge >= 0.3 is 0 Å². The summed E-state index contributed by atoms with van der Waals surface area (Å²) in [6.45, 7) is 10.2. The Bertz CT molecular complexity index is 93.6. The van der Waals surface area contributed by atoms with E-state index in [1.54, 1.807) is 0 Å². The third-order valence-corrected chi connectivity index (χ3v) is 2.12. The van der Waals surface area contributed by atoms with E-state index in [4.69, 9.17) is 5.11 Å². The van der Waals surface area contributed by atoms with Crippen LogP contribution in [0.2, 0.25) is 0 Å². The standard InChI is InChI=1S/C9H21NO/c1-5-8(3)10(6-2)7-9(4)11/h8-9,11H,5-7H2,1-4H3/t8?,9-/m1/s1. The van der Waals surface area contributed by atoms with E-state index < -0.39 is 0 Å². The average molecular weight is 159 g/mol. The summed E-state index contributed by atoms with van der Waals surface area (Å²) in [4.78, 5) is 2.30. The minimum Gasteiger partial charge on any atom is -0.392 e. The van der Waals surface area contributed by atoms with E-state index in [-0.39, 0.29) is 6.10 Å². The van der Waals surface area contributed by atoms with Crippen LogP contribution in [0.5, 0.6) is 0 Å². The number of aliphatic hydroxyl groups excluding tert-OH is 1. The monoisotopic (exact) mass is 159 g/mol. The number of likely N-dealkylation sites (N-methyl/N-ethyl adjacent to an activating group) is 1. The maximum Gasteiger partial charge on any atom is 0.0639 e. The molecule has 1 N–H and O–H groups in total. The molecule has 0 heterocycles. The van der Waals surface area contributed by atoms with Gasteiger partial charge in [-0.15, -0.1) is 0 Å². The molecule has 0 aromatic carbocycles. The molecule has 0 spiro atoms. The quantitative estimate of drug-likeness (QED) is 0.657. The van der Waals surface area contributed by atoms with Crippen molar-refractivity contribution in [1.29, 1.82) is 0 Å². The Kier molecular flexibility index (Phi) is 5.51. The lowest BCUT2D eigenvalue weighted by Crippen LogP contribution is -2.37. The minimum absolute atomic E-state index is 0.205. The summed E-state index contributed by atoms with van der Waals surface area (Å²) in [6, 6.07) is 0.592. The molecule has 0 aromatic rings. The molecule has 0 aliphatic heterocycles. The molecule has 0 aromatic heterocycles. The van der Waals surface area contributed by atoms with E-state index in [0.29, 0.717) is 6.04 Å². The highest BCUT2D eigenvalue weighted by molar-refractivity contribution is 4.66. The predicted octanol–water partition coefficient (Wildman–Crippen LogP) is 1.49. The van der Waals surface area contributed by atoms with Crippen LogP contribution in [0.1, 0.15) is 34.1 Å². The van der Waals surface area contributed by atoms with Crippen molar-refractivity contribution in [3.05, 3.63) is 0 Å². The van der Waals surface area contributed by atoms with Crippen LogP contribution in [0.15, 0.2) is 0 Å². The van der Waals surface area contributed by atoms with Gasteiger partial charge in [0.15, 0.2) is 0 Å². The molecule has 0 radical (unpaired) electrons. The largest absolute Gasteiger partial charge is 0.392 e. The Labute approximate surface area is 70.2 Å². The van der Waals surface area contributed by atoms with E-state index >= 15 is 0 Å². The zero-order valence-electron chi connectivity index (χ0n) is 8.17. The second-order valence-electron chi connectivity index (χ2n) is 3.19. The van der Waals surface area contributed by atoms with Crippen molar-refractivity contribution in [3.63, 3.8) is 0 Å². The van der Waals surface area contributed by atoms with Crippen LogP contribution >= 0.6 is 0 Å². The molecule has 0 saturated heterocycles. The Morgan fingerprint density at radius 3 is 2.09 bits per heavy atom. The molecule has 2 heteroatoms. The van der Waals surface area contributed by atoms with Gasteiger partial charge in [0.1, 0.15) is 0 Å². The first kappa shape index (κ1) is 10.9. The fourth-order valence-corrected chi connectivity index (χ4v) is 1.22. The van der Waals surface area contributed by atoms with E-state index in [2.05, 4.69) is 25.7 Å². The molecule has 1 unspecified atom stereocenters. The Morgan fingerprint density at radius 1 is 1.27 bits per heavy atom. The number of hydrogen-bond acceptors (Lipinski definition) is 2. The van der Waals surface area contributed by atoms with Crippen LogP contribution in [0.4, 0.5) is 0 Å². The van der Waals surface area contributed by atoms with Gasteiger partial charge in [0.2, 0.25) is 0 Å². The molecule has 0 bridgehead atoms. The van der Waals surface area contributed by atoms with Gasteiger partial charge in [-0.05, 0) is 26.8 Å². The summed E-state index contributed by atoms with van der Waals surface area (Å²) in [7, 11) is 0. The third kappa shape index (κ3) is 4.38. The summed E-state index contributed by atoms with van der Waals surface area (Å²) in [6.07, 6.45) is 0.949. The van der Waals surface area contributed by atoms with Crippen LogP contribution in [0, 0.1) is 0 Å². The van der Waals surface area contributed by atoms with Gasteiger partial charge in [0.25, 0.3) is 0 Å². The molecule has 11 heavy (non-hydrogen) atoms. The fourth-order valence-electron chi connectivity index (χ4n) is 1.22. The molecule has 0 aliphatic rings. The van der Waals surface area contributed by atoms with Crippen LogP contribution in [0.3, 0.4) is 0 Å². The molecule has 68 valence electrons. The first-order valence-corrected chi connectivity index (χ1v) is 4.53. The van der Waals surface area contributed by atoms with Crippen molar-refractivity contribution in [2.75, 3.05) is 13.1 Å². The van der Waals surface area contributed by atoms with Gasteiger partial charge in [-0.2, -0.15) is 0 Å². The molecular weight excluding hydrogens is 138 g/mol. The van der Waals surface area contributed by atoms with Crippen molar-refractivity contribution in [2.24, 2.45) is 0 Å². The molecule has 0 rings (SSSR count). The van der Waals surface area contributed by atoms with Crippen molar-refractivity contribution >= 4 is 0 Å². The van der Waals surface area contributed by atoms with Gasteiger partial charge < -0.3 is 5.11 Å². The normalized spacial score (nSPS) is 16.9. The predicted molar refractivity (Wildman–Crippen MR) is 48.7 cm³/mol. The second-order valence-corrected chi connectivity index (χ2v) is 3.19. The lowest BCUT2D eigenvalue weighted by atomic mass is 10.2.